The Morgan fingerprint density at radius 1 is 1.11 bits per heavy atom. The number of nitrogens with two attached hydrogens (primary N) is 1. The molecule has 3 rings (SSSR count). The maximum absolute atomic E-state index is 5.70. The van der Waals surface area contributed by atoms with Gasteiger partial charge in [-0.3, -0.25) is 0 Å². The smallest absolute Gasteiger partial charge is 0.140 e. The van der Waals surface area contributed by atoms with Crippen LogP contribution in [0.1, 0.15) is 5.01 Å². The molecule has 0 atom stereocenters. The highest BCUT2D eigenvalue weighted by atomic mass is 32.1. The molecule has 0 amide bonds. The van der Waals surface area contributed by atoms with Crippen LogP contribution in [0.3, 0.4) is 0 Å². The van der Waals surface area contributed by atoms with E-state index in [1.807, 2.05) is 42.5 Å². The standard InChI is InChI=1S/C14H12N2OS/c15-10-4-3-5-11(8-10)17-9-14-16-12-6-1-2-7-13(12)18-14/h1-8H,9,15H2. The van der Waals surface area contributed by atoms with Crippen LogP contribution >= 0.6 is 11.3 Å². The molecule has 0 fully saturated rings. The first-order chi connectivity index (χ1) is 8.81. The average Bonchev–Trinajstić information content (AvgIpc) is 2.79. The van der Waals surface area contributed by atoms with Gasteiger partial charge in [0.25, 0.3) is 0 Å². The van der Waals surface area contributed by atoms with Crippen LogP contribution in [0.25, 0.3) is 10.2 Å². The molecule has 4 heteroatoms. The Hall–Kier alpha value is -2.07. The monoisotopic (exact) mass is 256 g/mol. The van der Waals surface area contributed by atoms with Crippen molar-refractivity contribution >= 4 is 27.2 Å². The number of hydrogen-bond acceptors (Lipinski definition) is 4. The summed E-state index contributed by atoms with van der Waals surface area (Å²) in [7, 11) is 0. The van der Waals surface area contributed by atoms with Gasteiger partial charge in [0, 0.05) is 11.8 Å². The molecule has 1 aromatic heterocycles. The highest BCUT2D eigenvalue weighted by Gasteiger charge is 2.03. The summed E-state index contributed by atoms with van der Waals surface area (Å²) in [4.78, 5) is 4.51. The van der Waals surface area contributed by atoms with Crippen molar-refractivity contribution in [1.82, 2.24) is 4.98 Å². The van der Waals surface area contributed by atoms with E-state index in [9.17, 15) is 0 Å². The summed E-state index contributed by atoms with van der Waals surface area (Å²) in [6.45, 7) is 0.475. The second-order valence-corrected chi connectivity index (χ2v) is 5.05. The Labute approximate surface area is 109 Å². The van der Waals surface area contributed by atoms with Crippen LogP contribution in [0.5, 0.6) is 5.75 Å². The maximum atomic E-state index is 5.70. The highest BCUT2D eigenvalue weighted by molar-refractivity contribution is 7.18. The van der Waals surface area contributed by atoms with Crippen LogP contribution < -0.4 is 10.5 Å². The number of para-hydroxylation sites is 1. The molecule has 90 valence electrons. The molecule has 3 nitrogen and oxygen atoms in total. The first-order valence-corrected chi connectivity index (χ1v) is 6.46. The fourth-order valence-electron chi connectivity index (χ4n) is 1.73. The van der Waals surface area contributed by atoms with E-state index in [4.69, 9.17) is 10.5 Å². The van der Waals surface area contributed by atoms with Gasteiger partial charge in [-0.15, -0.1) is 11.3 Å². The van der Waals surface area contributed by atoms with E-state index in [2.05, 4.69) is 11.1 Å². The van der Waals surface area contributed by atoms with Crippen molar-refractivity contribution in [2.24, 2.45) is 0 Å². The molecule has 0 bridgehead atoms. The number of ether oxygens (including phenoxy) is 1. The predicted octanol–water partition coefficient (Wildman–Crippen LogP) is 3.46. The summed E-state index contributed by atoms with van der Waals surface area (Å²) < 4.78 is 6.85. The molecule has 0 spiro atoms. The fraction of sp³-hybridized carbons (Fsp3) is 0.0714. The first-order valence-electron chi connectivity index (χ1n) is 5.64. The van der Waals surface area contributed by atoms with E-state index in [0.29, 0.717) is 12.3 Å². The first kappa shape index (κ1) is 11.0. The molecule has 0 radical (unpaired) electrons. The van der Waals surface area contributed by atoms with Gasteiger partial charge in [-0.1, -0.05) is 18.2 Å². The average molecular weight is 256 g/mol. The van der Waals surface area contributed by atoms with Crippen molar-refractivity contribution in [3.05, 3.63) is 53.5 Å². The number of fused-ring (bicyclic) bond motifs is 1. The Bertz CT molecular complexity index is 645. The van der Waals surface area contributed by atoms with E-state index in [1.165, 1.54) is 4.70 Å². The largest absolute Gasteiger partial charge is 0.486 e. The molecule has 18 heavy (non-hydrogen) atoms. The fourth-order valence-corrected chi connectivity index (χ4v) is 2.61. The lowest BCUT2D eigenvalue weighted by Crippen LogP contribution is -1.95. The quantitative estimate of drug-likeness (QED) is 0.730. The van der Waals surface area contributed by atoms with Gasteiger partial charge < -0.3 is 10.5 Å². The minimum absolute atomic E-state index is 0.475. The number of aromatic nitrogens is 1. The normalized spacial score (nSPS) is 10.7. The van der Waals surface area contributed by atoms with Crippen LogP contribution in [-0.2, 0) is 6.61 Å². The number of nitrogens with zero attached hydrogens (tertiary/aromatic N) is 1. The van der Waals surface area contributed by atoms with Crippen molar-refractivity contribution in [2.75, 3.05) is 5.73 Å². The number of nitrogen functional groups attached to an aromatic ring is 1. The Morgan fingerprint density at radius 2 is 2.00 bits per heavy atom. The van der Waals surface area contributed by atoms with Gasteiger partial charge in [-0.2, -0.15) is 0 Å². The van der Waals surface area contributed by atoms with Crippen LogP contribution in [0.15, 0.2) is 48.5 Å². The number of rotatable bonds is 3. The van der Waals surface area contributed by atoms with Gasteiger partial charge in [0.15, 0.2) is 0 Å². The predicted molar refractivity (Wildman–Crippen MR) is 74.8 cm³/mol. The van der Waals surface area contributed by atoms with Crippen LogP contribution in [-0.4, -0.2) is 4.98 Å². The third kappa shape index (κ3) is 2.28. The molecule has 0 aliphatic carbocycles. The van der Waals surface area contributed by atoms with Gasteiger partial charge in [0.1, 0.15) is 17.4 Å². The van der Waals surface area contributed by atoms with Crippen LogP contribution in [0.2, 0.25) is 0 Å². The lowest BCUT2D eigenvalue weighted by Gasteiger charge is -2.03. The number of anilines is 1. The van der Waals surface area contributed by atoms with Crippen molar-refractivity contribution in [1.29, 1.82) is 0 Å². The number of benzene rings is 2. The number of hydrogen-bond donors (Lipinski definition) is 1. The minimum Gasteiger partial charge on any atom is -0.486 e. The second kappa shape index (κ2) is 4.66. The number of thiazole rings is 1. The van der Waals surface area contributed by atoms with E-state index in [1.54, 1.807) is 11.3 Å². The third-order valence-electron chi connectivity index (χ3n) is 2.56. The molecule has 3 aromatic rings. The Balaban J connectivity index is 1.76. The van der Waals surface area contributed by atoms with Gasteiger partial charge in [-0.25, -0.2) is 4.98 Å². The summed E-state index contributed by atoms with van der Waals surface area (Å²) in [6.07, 6.45) is 0. The molecule has 0 saturated heterocycles. The zero-order valence-electron chi connectivity index (χ0n) is 9.67. The van der Waals surface area contributed by atoms with Crippen molar-refractivity contribution in [3.8, 4) is 5.75 Å². The summed E-state index contributed by atoms with van der Waals surface area (Å²) >= 11 is 1.65. The van der Waals surface area contributed by atoms with Crippen LogP contribution in [0, 0.1) is 0 Å². The van der Waals surface area contributed by atoms with Crippen LogP contribution in [0.4, 0.5) is 5.69 Å². The van der Waals surface area contributed by atoms with E-state index in [0.717, 1.165) is 16.3 Å². The van der Waals surface area contributed by atoms with Crippen molar-refractivity contribution in [3.63, 3.8) is 0 Å². The molecule has 0 aliphatic heterocycles. The zero-order chi connectivity index (χ0) is 12.4. The SMILES string of the molecule is Nc1cccc(OCc2nc3ccccc3s2)c1. The molecular formula is C14H12N2OS. The summed E-state index contributed by atoms with van der Waals surface area (Å²) in [6, 6.07) is 15.5. The van der Waals surface area contributed by atoms with Crippen molar-refractivity contribution < 1.29 is 4.74 Å². The molecular weight excluding hydrogens is 244 g/mol. The topological polar surface area (TPSA) is 48.1 Å². The lowest BCUT2D eigenvalue weighted by atomic mass is 10.3. The molecule has 1 heterocycles. The Kier molecular flexibility index (Phi) is 2.86. The van der Waals surface area contributed by atoms with Gasteiger partial charge in [0.2, 0.25) is 0 Å². The summed E-state index contributed by atoms with van der Waals surface area (Å²) in [5.41, 5.74) is 7.42. The second-order valence-electron chi connectivity index (χ2n) is 3.94. The maximum Gasteiger partial charge on any atom is 0.140 e. The molecule has 0 saturated carbocycles. The van der Waals surface area contributed by atoms with E-state index >= 15 is 0 Å². The van der Waals surface area contributed by atoms with Crippen molar-refractivity contribution in [2.45, 2.75) is 6.61 Å². The molecule has 2 N–H and O–H groups in total. The summed E-state index contributed by atoms with van der Waals surface area (Å²) in [5, 5.41) is 0.971. The van der Waals surface area contributed by atoms with E-state index < -0.39 is 0 Å². The third-order valence-corrected chi connectivity index (χ3v) is 3.57. The molecule has 2 aromatic carbocycles. The highest BCUT2D eigenvalue weighted by Crippen LogP contribution is 2.23. The van der Waals surface area contributed by atoms with Gasteiger partial charge >= 0.3 is 0 Å². The summed E-state index contributed by atoms with van der Waals surface area (Å²) in [5.74, 6) is 0.772. The molecule has 0 unspecified atom stereocenters. The Morgan fingerprint density at radius 3 is 2.83 bits per heavy atom. The van der Waals surface area contributed by atoms with Gasteiger partial charge in [0.05, 0.1) is 10.2 Å². The lowest BCUT2D eigenvalue weighted by molar-refractivity contribution is 0.306. The van der Waals surface area contributed by atoms with E-state index in [-0.39, 0.29) is 0 Å². The zero-order valence-corrected chi connectivity index (χ0v) is 10.5. The van der Waals surface area contributed by atoms with Gasteiger partial charge in [-0.05, 0) is 24.3 Å². The minimum atomic E-state index is 0.475. The molecule has 0 aliphatic rings.